The average molecular weight is 340 g/mol. The van der Waals surface area contributed by atoms with E-state index in [0.29, 0.717) is 6.42 Å². The van der Waals surface area contributed by atoms with Crippen molar-refractivity contribution in [3.8, 4) is 5.75 Å². The molecule has 1 amide bonds. The summed E-state index contributed by atoms with van der Waals surface area (Å²) in [5.41, 5.74) is 0.862. The van der Waals surface area contributed by atoms with E-state index >= 15 is 0 Å². The SMILES string of the molecule is O=C(Cc1ccc(F)cc1)N1C2CCC1CC(Oc1ccncc1)C2. The molecule has 5 heteroatoms. The summed E-state index contributed by atoms with van der Waals surface area (Å²) in [4.78, 5) is 18.8. The van der Waals surface area contributed by atoms with Gasteiger partial charge in [-0.2, -0.15) is 0 Å². The summed E-state index contributed by atoms with van der Waals surface area (Å²) >= 11 is 0. The predicted octanol–water partition coefficient (Wildman–Crippen LogP) is 3.36. The van der Waals surface area contributed by atoms with Crippen LogP contribution in [0.1, 0.15) is 31.2 Å². The van der Waals surface area contributed by atoms with Crippen molar-refractivity contribution in [2.75, 3.05) is 0 Å². The van der Waals surface area contributed by atoms with Gasteiger partial charge in [0.1, 0.15) is 17.7 Å². The number of benzene rings is 1. The number of halogens is 1. The minimum atomic E-state index is -0.273. The second kappa shape index (κ2) is 6.82. The number of amides is 1. The van der Waals surface area contributed by atoms with Crippen LogP contribution in [0, 0.1) is 5.82 Å². The summed E-state index contributed by atoms with van der Waals surface area (Å²) in [6.07, 6.45) is 7.75. The van der Waals surface area contributed by atoms with Crippen LogP contribution in [-0.2, 0) is 11.2 Å². The molecule has 130 valence electrons. The first-order chi connectivity index (χ1) is 12.2. The summed E-state index contributed by atoms with van der Waals surface area (Å²) in [7, 11) is 0. The van der Waals surface area contributed by atoms with E-state index in [1.165, 1.54) is 12.1 Å². The largest absolute Gasteiger partial charge is 0.490 e. The summed E-state index contributed by atoms with van der Waals surface area (Å²) in [6.45, 7) is 0. The van der Waals surface area contributed by atoms with Crippen molar-refractivity contribution in [1.29, 1.82) is 0 Å². The molecule has 2 aliphatic heterocycles. The summed E-state index contributed by atoms with van der Waals surface area (Å²) in [5, 5.41) is 0. The second-order valence-electron chi connectivity index (χ2n) is 6.88. The molecule has 1 aromatic heterocycles. The van der Waals surface area contributed by atoms with E-state index in [2.05, 4.69) is 9.88 Å². The molecule has 2 fully saturated rings. The van der Waals surface area contributed by atoms with Crippen LogP contribution in [0.5, 0.6) is 5.75 Å². The first-order valence-electron chi connectivity index (χ1n) is 8.81. The molecule has 4 rings (SSSR count). The minimum Gasteiger partial charge on any atom is -0.490 e. The lowest BCUT2D eigenvalue weighted by Crippen LogP contribution is -2.49. The first-order valence-corrected chi connectivity index (χ1v) is 8.81. The molecule has 4 nitrogen and oxygen atoms in total. The van der Waals surface area contributed by atoms with Gasteiger partial charge < -0.3 is 9.64 Å². The van der Waals surface area contributed by atoms with Gasteiger partial charge in [-0.25, -0.2) is 4.39 Å². The summed E-state index contributed by atoms with van der Waals surface area (Å²) < 4.78 is 19.1. The standard InChI is InChI=1S/C20H21FN2O2/c21-15-3-1-14(2-4-15)11-20(24)23-16-5-6-17(23)13-19(12-16)25-18-7-9-22-10-8-18/h1-4,7-10,16-17,19H,5-6,11-13H2. The molecule has 2 saturated heterocycles. The van der Waals surface area contributed by atoms with Gasteiger partial charge in [-0.3, -0.25) is 9.78 Å². The Bertz CT molecular complexity index is 721. The highest BCUT2D eigenvalue weighted by molar-refractivity contribution is 5.80. The summed E-state index contributed by atoms with van der Waals surface area (Å²) in [5.74, 6) is 0.706. The molecule has 0 radical (unpaired) electrons. The average Bonchev–Trinajstić information content (AvgIpc) is 2.89. The Morgan fingerprint density at radius 1 is 1.08 bits per heavy atom. The number of pyridine rings is 1. The third-order valence-corrected chi connectivity index (χ3v) is 5.20. The number of ether oxygens (including phenoxy) is 1. The van der Waals surface area contributed by atoms with Crippen LogP contribution in [-0.4, -0.2) is 34.0 Å². The van der Waals surface area contributed by atoms with Gasteiger partial charge in [0, 0.05) is 37.3 Å². The van der Waals surface area contributed by atoms with Gasteiger partial charge in [-0.1, -0.05) is 12.1 Å². The highest BCUT2D eigenvalue weighted by Crippen LogP contribution is 2.37. The maximum atomic E-state index is 13.0. The Hall–Kier alpha value is -2.43. The van der Waals surface area contributed by atoms with Crippen molar-refractivity contribution in [2.45, 2.75) is 50.3 Å². The van der Waals surface area contributed by atoms with Crippen LogP contribution in [0.25, 0.3) is 0 Å². The molecule has 2 aliphatic rings. The third kappa shape index (κ3) is 3.50. The van der Waals surface area contributed by atoms with Crippen LogP contribution in [0.3, 0.4) is 0 Å². The topological polar surface area (TPSA) is 42.4 Å². The van der Waals surface area contributed by atoms with Crippen molar-refractivity contribution in [1.82, 2.24) is 9.88 Å². The highest BCUT2D eigenvalue weighted by Gasteiger charge is 2.43. The molecule has 2 unspecified atom stereocenters. The number of aromatic nitrogens is 1. The molecular formula is C20H21FN2O2. The van der Waals surface area contributed by atoms with Crippen LogP contribution in [0.2, 0.25) is 0 Å². The third-order valence-electron chi connectivity index (χ3n) is 5.20. The van der Waals surface area contributed by atoms with Crippen molar-refractivity contribution < 1.29 is 13.9 Å². The molecule has 0 saturated carbocycles. The number of piperidine rings is 1. The molecule has 0 N–H and O–H groups in total. The Morgan fingerprint density at radius 3 is 2.36 bits per heavy atom. The lowest BCUT2D eigenvalue weighted by Gasteiger charge is -2.39. The number of fused-ring (bicyclic) bond motifs is 2. The smallest absolute Gasteiger partial charge is 0.227 e. The van der Waals surface area contributed by atoms with Crippen molar-refractivity contribution >= 4 is 5.91 Å². The molecule has 1 aromatic carbocycles. The number of carbonyl (C=O) groups excluding carboxylic acids is 1. The second-order valence-corrected chi connectivity index (χ2v) is 6.88. The molecule has 0 aliphatic carbocycles. The number of hydrogen-bond donors (Lipinski definition) is 0. The monoisotopic (exact) mass is 340 g/mol. The van der Waals surface area contributed by atoms with Gasteiger partial charge in [0.2, 0.25) is 5.91 Å². The Morgan fingerprint density at radius 2 is 1.72 bits per heavy atom. The Balaban J connectivity index is 1.40. The quantitative estimate of drug-likeness (QED) is 0.857. The molecule has 25 heavy (non-hydrogen) atoms. The van der Waals surface area contributed by atoms with Crippen molar-refractivity contribution in [3.63, 3.8) is 0 Å². The number of hydrogen-bond acceptors (Lipinski definition) is 3. The van der Waals surface area contributed by atoms with Gasteiger partial charge in [0.25, 0.3) is 0 Å². The number of carbonyl (C=O) groups is 1. The zero-order chi connectivity index (χ0) is 17.2. The fraction of sp³-hybridized carbons (Fsp3) is 0.400. The van der Waals surface area contributed by atoms with Gasteiger partial charge in [0.15, 0.2) is 0 Å². The van der Waals surface area contributed by atoms with Gasteiger partial charge >= 0.3 is 0 Å². The molecular weight excluding hydrogens is 319 g/mol. The van der Waals surface area contributed by atoms with E-state index in [4.69, 9.17) is 4.74 Å². The lowest BCUT2D eigenvalue weighted by molar-refractivity contribution is -0.136. The molecule has 0 spiro atoms. The highest BCUT2D eigenvalue weighted by atomic mass is 19.1. The molecule has 2 atom stereocenters. The van der Waals surface area contributed by atoms with E-state index in [-0.39, 0.29) is 29.9 Å². The van der Waals surface area contributed by atoms with Gasteiger partial charge in [0.05, 0.1) is 6.42 Å². The van der Waals surface area contributed by atoms with Crippen LogP contribution in [0.15, 0.2) is 48.8 Å². The molecule has 3 heterocycles. The molecule has 2 bridgehead atoms. The summed E-state index contributed by atoms with van der Waals surface area (Å²) in [6, 6.07) is 10.4. The first kappa shape index (κ1) is 16.1. The number of rotatable bonds is 4. The van der Waals surface area contributed by atoms with Crippen LogP contribution < -0.4 is 4.74 Å². The van der Waals surface area contributed by atoms with E-state index < -0.39 is 0 Å². The van der Waals surface area contributed by atoms with Crippen LogP contribution >= 0.6 is 0 Å². The van der Waals surface area contributed by atoms with Crippen molar-refractivity contribution in [3.05, 3.63) is 60.2 Å². The zero-order valence-electron chi connectivity index (χ0n) is 14.0. The van der Waals surface area contributed by atoms with E-state index in [1.54, 1.807) is 24.5 Å². The Labute approximate surface area is 146 Å². The fourth-order valence-electron chi connectivity index (χ4n) is 4.11. The van der Waals surface area contributed by atoms with E-state index in [9.17, 15) is 9.18 Å². The predicted molar refractivity (Wildman–Crippen MR) is 91.6 cm³/mol. The fourth-order valence-corrected chi connectivity index (χ4v) is 4.11. The normalized spacial score (nSPS) is 25.0. The van der Waals surface area contributed by atoms with Gasteiger partial charge in [-0.05, 0) is 42.7 Å². The number of nitrogens with zero attached hydrogens (tertiary/aromatic N) is 2. The maximum absolute atomic E-state index is 13.0. The van der Waals surface area contributed by atoms with E-state index in [0.717, 1.165) is 37.0 Å². The van der Waals surface area contributed by atoms with Crippen LogP contribution in [0.4, 0.5) is 4.39 Å². The molecule has 2 aromatic rings. The lowest BCUT2D eigenvalue weighted by atomic mass is 9.98. The maximum Gasteiger partial charge on any atom is 0.227 e. The van der Waals surface area contributed by atoms with E-state index in [1.807, 2.05) is 12.1 Å². The van der Waals surface area contributed by atoms with Crippen molar-refractivity contribution in [2.24, 2.45) is 0 Å². The Kier molecular flexibility index (Phi) is 4.38. The minimum absolute atomic E-state index is 0.140. The zero-order valence-corrected chi connectivity index (χ0v) is 14.0. The van der Waals surface area contributed by atoms with Gasteiger partial charge in [-0.15, -0.1) is 0 Å².